The molecule has 1 aliphatic heterocycles. The maximum atomic E-state index is 12.7. The number of nitrogens with two attached hydrogens (primary N) is 1. The van der Waals surface area contributed by atoms with Crippen LogP contribution in [0.4, 0.5) is 11.5 Å². The van der Waals surface area contributed by atoms with Crippen LogP contribution in [0.3, 0.4) is 0 Å². The van der Waals surface area contributed by atoms with E-state index in [-0.39, 0.29) is 11.5 Å². The summed E-state index contributed by atoms with van der Waals surface area (Å²) < 4.78 is 17.4. The zero-order valence-electron chi connectivity index (χ0n) is 18.8. The van der Waals surface area contributed by atoms with Gasteiger partial charge < -0.3 is 25.3 Å². The number of aromatic nitrogens is 3. The Labute approximate surface area is 192 Å². The molecule has 1 amide bonds. The summed E-state index contributed by atoms with van der Waals surface area (Å²) in [6.45, 7) is 4.77. The van der Waals surface area contributed by atoms with E-state index >= 15 is 0 Å². The lowest BCUT2D eigenvalue weighted by molar-refractivity contribution is 0.0342. The number of benzene rings is 2. The monoisotopic (exact) mass is 452 g/mol. The van der Waals surface area contributed by atoms with Crippen LogP contribution in [0.15, 0.2) is 42.5 Å². The predicted molar refractivity (Wildman–Crippen MR) is 124 cm³/mol. The third-order valence-electron chi connectivity index (χ3n) is 5.46. The zero-order chi connectivity index (χ0) is 23.2. The summed E-state index contributed by atoms with van der Waals surface area (Å²) in [6.07, 6.45) is 0. The van der Waals surface area contributed by atoms with Crippen molar-refractivity contribution in [2.75, 3.05) is 51.6 Å². The first-order valence-electron chi connectivity index (χ1n) is 10.7. The average Bonchev–Trinajstić information content (AvgIpc) is 3.20. The van der Waals surface area contributed by atoms with E-state index in [1.54, 1.807) is 32.4 Å². The smallest absolute Gasteiger partial charge is 0.280 e. The molecule has 1 aliphatic rings. The molecule has 0 atom stereocenters. The number of carbonyl (C=O) groups is 1. The lowest BCUT2D eigenvalue weighted by atomic mass is 10.1. The normalized spacial score (nSPS) is 14.1. The van der Waals surface area contributed by atoms with Crippen LogP contribution in [0.1, 0.15) is 21.6 Å². The Morgan fingerprint density at radius 1 is 1.03 bits per heavy atom. The van der Waals surface area contributed by atoms with Gasteiger partial charge in [0, 0.05) is 43.5 Å². The van der Waals surface area contributed by atoms with Gasteiger partial charge in [-0.05, 0) is 11.1 Å². The van der Waals surface area contributed by atoms with Gasteiger partial charge in [-0.25, -0.2) is 4.68 Å². The molecule has 1 fully saturated rings. The second-order valence-corrected chi connectivity index (χ2v) is 7.74. The number of nitrogen functional groups attached to an aromatic ring is 1. The summed E-state index contributed by atoms with van der Waals surface area (Å²) in [5, 5.41) is 10.8. The Bertz CT molecular complexity index is 1070. The largest absolute Gasteiger partial charge is 0.497 e. The maximum Gasteiger partial charge on any atom is 0.280 e. The Balaban J connectivity index is 1.40. The highest BCUT2D eigenvalue weighted by atomic mass is 16.5. The first-order chi connectivity index (χ1) is 16.1. The molecular weight excluding hydrogens is 424 g/mol. The molecule has 0 unspecified atom stereocenters. The van der Waals surface area contributed by atoms with Crippen LogP contribution >= 0.6 is 0 Å². The number of amides is 1. The maximum absolute atomic E-state index is 12.7. The molecule has 0 bridgehead atoms. The fourth-order valence-electron chi connectivity index (χ4n) is 3.61. The summed E-state index contributed by atoms with van der Waals surface area (Å²) in [4.78, 5) is 15.1. The SMILES string of the molecule is COc1cc(NC(=O)c2nnn(Cc3ccc(CN4CCOCC4)cc3)c2N)cc(OC)c1. The second-order valence-electron chi connectivity index (χ2n) is 7.74. The molecule has 10 heteroatoms. The van der Waals surface area contributed by atoms with Gasteiger partial charge in [-0.1, -0.05) is 29.5 Å². The van der Waals surface area contributed by atoms with Crippen LogP contribution in [-0.4, -0.2) is 66.3 Å². The fourth-order valence-corrected chi connectivity index (χ4v) is 3.61. The van der Waals surface area contributed by atoms with Crippen molar-refractivity contribution in [1.29, 1.82) is 0 Å². The van der Waals surface area contributed by atoms with Crippen molar-refractivity contribution in [2.24, 2.45) is 0 Å². The third kappa shape index (κ3) is 5.60. The number of anilines is 2. The highest BCUT2D eigenvalue weighted by Gasteiger charge is 2.19. The van der Waals surface area contributed by atoms with E-state index in [0.29, 0.717) is 23.7 Å². The number of rotatable bonds is 8. The number of nitrogens with zero attached hydrogens (tertiary/aromatic N) is 4. The molecular formula is C23H28N6O4. The van der Waals surface area contributed by atoms with Gasteiger partial charge in [0.25, 0.3) is 5.91 Å². The van der Waals surface area contributed by atoms with Crippen molar-refractivity contribution in [1.82, 2.24) is 19.9 Å². The third-order valence-corrected chi connectivity index (χ3v) is 5.46. The van der Waals surface area contributed by atoms with Crippen LogP contribution in [0.25, 0.3) is 0 Å². The molecule has 1 saturated heterocycles. The molecule has 10 nitrogen and oxygen atoms in total. The van der Waals surface area contributed by atoms with Gasteiger partial charge in [0.1, 0.15) is 11.5 Å². The van der Waals surface area contributed by atoms with E-state index in [9.17, 15) is 4.79 Å². The van der Waals surface area contributed by atoms with Gasteiger partial charge in [0.05, 0.1) is 34.0 Å². The van der Waals surface area contributed by atoms with E-state index < -0.39 is 5.91 Å². The van der Waals surface area contributed by atoms with Gasteiger partial charge in [0.2, 0.25) is 0 Å². The van der Waals surface area contributed by atoms with Crippen molar-refractivity contribution in [3.63, 3.8) is 0 Å². The van der Waals surface area contributed by atoms with Crippen molar-refractivity contribution in [3.8, 4) is 11.5 Å². The molecule has 3 N–H and O–H groups in total. The van der Waals surface area contributed by atoms with Crippen LogP contribution in [0.2, 0.25) is 0 Å². The van der Waals surface area contributed by atoms with Crippen molar-refractivity contribution >= 4 is 17.4 Å². The number of carbonyl (C=O) groups excluding carboxylic acids is 1. The molecule has 4 rings (SSSR count). The molecule has 0 aliphatic carbocycles. The van der Waals surface area contributed by atoms with E-state index in [4.69, 9.17) is 19.9 Å². The highest BCUT2D eigenvalue weighted by molar-refractivity contribution is 6.05. The van der Waals surface area contributed by atoms with Crippen molar-refractivity contribution in [2.45, 2.75) is 13.1 Å². The number of ether oxygens (including phenoxy) is 3. The first-order valence-corrected chi connectivity index (χ1v) is 10.7. The van der Waals surface area contributed by atoms with E-state index in [1.807, 2.05) is 12.1 Å². The number of hydrogen-bond acceptors (Lipinski definition) is 8. The predicted octanol–water partition coefficient (Wildman–Crippen LogP) is 2.01. The number of methoxy groups -OCH3 is 2. The average molecular weight is 453 g/mol. The minimum atomic E-state index is -0.463. The minimum absolute atomic E-state index is 0.0562. The van der Waals surface area contributed by atoms with Gasteiger partial charge in [-0.15, -0.1) is 5.10 Å². The molecule has 0 saturated carbocycles. The molecule has 0 radical (unpaired) electrons. The lowest BCUT2D eigenvalue weighted by Crippen LogP contribution is -2.35. The molecule has 1 aromatic heterocycles. The molecule has 0 spiro atoms. The van der Waals surface area contributed by atoms with Crippen molar-refractivity contribution < 1.29 is 19.0 Å². The van der Waals surface area contributed by atoms with E-state index in [2.05, 4.69) is 32.7 Å². The number of hydrogen-bond donors (Lipinski definition) is 2. The summed E-state index contributed by atoms with van der Waals surface area (Å²) in [7, 11) is 3.08. The van der Waals surface area contributed by atoms with Gasteiger partial charge in [-0.3, -0.25) is 9.69 Å². The summed E-state index contributed by atoms with van der Waals surface area (Å²) >= 11 is 0. The van der Waals surface area contributed by atoms with Crippen LogP contribution in [0.5, 0.6) is 11.5 Å². The molecule has 3 aromatic rings. The second kappa shape index (κ2) is 10.3. The molecule has 33 heavy (non-hydrogen) atoms. The van der Waals surface area contributed by atoms with Crippen LogP contribution < -0.4 is 20.5 Å². The minimum Gasteiger partial charge on any atom is -0.497 e. The quantitative estimate of drug-likeness (QED) is 0.533. The Kier molecular flexibility index (Phi) is 7.06. The zero-order valence-corrected chi connectivity index (χ0v) is 18.8. The van der Waals surface area contributed by atoms with Gasteiger partial charge in [-0.2, -0.15) is 0 Å². The van der Waals surface area contributed by atoms with Crippen molar-refractivity contribution in [3.05, 3.63) is 59.3 Å². The van der Waals surface area contributed by atoms with E-state index in [1.165, 1.54) is 10.2 Å². The summed E-state index contributed by atoms with van der Waals surface area (Å²) in [5.74, 6) is 0.839. The number of nitrogens with one attached hydrogen (secondary N) is 1. The van der Waals surface area contributed by atoms with E-state index in [0.717, 1.165) is 38.4 Å². The highest BCUT2D eigenvalue weighted by Crippen LogP contribution is 2.26. The molecule has 174 valence electrons. The molecule has 2 heterocycles. The Morgan fingerprint density at radius 2 is 1.64 bits per heavy atom. The molecule has 2 aromatic carbocycles. The van der Waals surface area contributed by atoms with Gasteiger partial charge in [0.15, 0.2) is 11.5 Å². The standard InChI is InChI=1S/C23H28N6O4/c1-31-19-11-18(12-20(13-19)32-2)25-23(30)21-22(24)29(27-26-21)15-17-5-3-16(4-6-17)14-28-7-9-33-10-8-28/h3-6,11-13H,7-10,14-15,24H2,1-2H3,(H,25,30). The Hall–Kier alpha value is -3.63. The lowest BCUT2D eigenvalue weighted by Gasteiger charge is -2.26. The number of morpholine rings is 1. The summed E-state index contributed by atoms with van der Waals surface area (Å²) in [5.41, 5.74) is 8.99. The van der Waals surface area contributed by atoms with Crippen LogP contribution in [-0.2, 0) is 17.8 Å². The van der Waals surface area contributed by atoms with Crippen LogP contribution in [0, 0.1) is 0 Å². The first kappa shape index (κ1) is 22.6. The topological polar surface area (TPSA) is 117 Å². The summed E-state index contributed by atoms with van der Waals surface area (Å²) in [6, 6.07) is 13.4. The fraction of sp³-hybridized carbons (Fsp3) is 0.348. The van der Waals surface area contributed by atoms with Gasteiger partial charge >= 0.3 is 0 Å². The Morgan fingerprint density at radius 3 is 2.24 bits per heavy atom.